The second-order valence-electron chi connectivity index (χ2n) is 7.81. The molecule has 0 saturated heterocycles. The lowest BCUT2D eigenvalue weighted by atomic mass is 10.2. The number of carbonyl (C=O) groups is 2. The van der Waals surface area contributed by atoms with Gasteiger partial charge in [-0.05, 0) is 71.2 Å². The highest BCUT2D eigenvalue weighted by atomic mass is 79.9. The molecule has 0 aliphatic rings. The Morgan fingerprint density at radius 1 is 1.06 bits per heavy atom. The highest BCUT2D eigenvalue weighted by Crippen LogP contribution is 2.37. The number of ether oxygens (including phenoxy) is 2. The average molecular weight is 571 g/mol. The normalized spacial score (nSPS) is 10.6. The van der Waals surface area contributed by atoms with Gasteiger partial charge in [0.25, 0.3) is 11.8 Å². The van der Waals surface area contributed by atoms with Crippen molar-refractivity contribution < 1.29 is 19.1 Å². The molecule has 0 atom stereocenters. The number of hydrogen-bond acceptors (Lipinski definition) is 5. The Morgan fingerprint density at radius 2 is 1.75 bits per heavy atom. The third-order valence-electron chi connectivity index (χ3n) is 4.96. The first-order chi connectivity index (χ1) is 17.3. The topological polar surface area (TPSA) is 89.0 Å². The van der Waals surface area contributed by atoms with Gasteiger partial charge in [-0.25, -0.2) is 5.43 Å². The maximum Gasteiger partial charge on any atom is 0.287 e. The van der Waals surface area contributed by atoms with E-state index < -0.39 is 5.91 Å². The predicted octanol–water partition coefficient (Wildman–Crippen LogP) is 5.86. The number of methoxy groups -OCH3 is 1. The monoisotopic (exact) mass is 569 g/mol. The summed E-state index contributed by atoms with van der Waals surface area (Å²) in [6, 6.07) is 19.6. The molecule has 2 amide bonds. The van der Waals surface area contributed by atoms with Crippen LogP contribution < -0.4 is 20.2 Å². The second-order valence-corrected chi connectivity index (χ2v) is 9.07. The van der Waals surface area contributed by atoms with Crippen molar-refractivity contribution in [3.8, 4) is 11.5 Å². The fourth-order valence-electron chi connectivity index (χ4n) is 3.13. The number of nitrogens with one attached hydrogen (secondary N) is 2. The largest absolute Gasteiger partial charge is 0.493 e. The summed E-state index contributed by atoms with van der Waals surface area (Å²) in [5, 5.41) is 7.29. The zero-order valence-electron chi connectivity index (χ0n) is 20.0. The molecule has 186 valence electrons. The molecule has 3 aromatic carbocycles. The van der Waals surface area contributed by atoms with Crippen molar-refractivity contribution in [1.29, 1.82) is 0 Å². The number of benzene rings is 3. The fourth-order valence-corrected chi connectivity index (χ4v) is 3.89. The summed E-state index contributed by atoms with van der Waals surface area (Å²) in [6.07, 6.45) is 1.46. The van der Waals surface area contributed by atoms with E-state index in [0.29, 0.717) is 37.7 Å². The van der Waals surface area contributed by atoms with Crippen molar-refractivity contribution >= 4 is 45.6 Å². The zero-order chi connectivity index (χ0) is 26.1. The molecule has 9 heteroatoms. The van der Waals surface area contributed by atoms with Crippen LogP contribution in [0.3, 0.4) is 0 Å². The van der Waals surface area contributed by atoms with E-state index in [9.17, 15) is 9.59 Å². The number of amides is 2. The first kappa shape index (κ1) is 27.0. The number of allylic oxidation sites excluding steroid dienone is 1. The summed E-state index contributed by atoms with van der Waals surface area (Å²) in [6.45, 7) is 3.72. The van der Waals surface area contributed by atoms with Gasteiger partial charge in [-0.2, -0.15) is 5.10 Å². The van der Waals surface area contributed by atoms with Gasteiger partial charge in [-0.1, -0.05) is 48.0 Å². The van der Waals surface area contributed by atoms with E-state index in [4.69, 9.17) is 21.1 Å². The summed E-state index contributed by atoms with van der Waals surface area (Å²) < 4.78 is 12.1. The smallest absolute Gasteiger partial charge is 0.287 e. The van der Waals surface area contributed by atoms with Crippen molar-refractivity contribution in [2.45, 2.75) is 20.5 Å². The van der Waals surface area contributed by atoms with E-state index in [-0.39, 0.29) is 18.2 Å². The molecule has 0 aliphatic carbocycles. The summed E-state index contributed by atoms with van der Waals surface area (Å²) in [5.74, 6) is 0.0617. The predicted molar refractivity (Wildman–Crippen MR) is 144 cm³/mol. The van der Waals surface area contributed by atoms with Gasteiger partial charge in [0.15, 0.2) is 11.5 Å². The number of hydrogen-bond donors (Lipinski definition) is 2. The summed E-state index contributed by atoms with van der Waals surface area (Å²) in [5.41, 5.74) is 5.15. The SMILES string of the molecule is COc1cc(/C=N\NC(=O)C(NC(=O)c2ccccc2)=C(C)C)cc(Br)c1OCc1ccccc1Cl. The molecule has 3 aromatic rings. The lowest BCUT2D eigenvalue weighted by Crippen LogP contribution is -2.33. The molecule has 3 rings (SSSR count). The maximum absolute atomic E-state index is 12.7. The van der Waals surface area contributed by atoms with Crippen molar-refractivity contribution in [2.75, 3.05) is 7.11 Å². The standard InChI is InChI=1S/C27H25BrClN3O4/c1-17(2)24(31-26(33)19-9-5-4-6-10-19)27(34)32-30-15-18-13-21(28)25(23(14-18)35-3)36-16-20-11-7-8-12-22(20)29/h4-15H,16H2,1-3H3,(H,31,33)(H,32,34)/b30-15-. The third-order valence-corrected chi connectivity index (χ3v) is 5.92. The Labute approximate surface area is 223 Å². The van der Waals surface area contributed by atoms with Crippen LogP contribution in [0, 0.1) is 0 Å². The molecule has 0 heterocycles. The van der Waals surface area contributed by atoms with Crippen LogP contribution in [-0.2, 0) is 11.4 Å². The lowest BCUT2D eigenvalue weighted by molar-refractivity contribution is -0.117. The van der Waals surface area contributed by atoms with Crippen molar-refractivity contribution in [1.82, 2.24) is 10.7 Å². The molecule has 0 spiro atoms. The Bertz CT molecular complexity index is 1310. The maximum atomic E-state index is 12.7. The van der Waals surface area contributed by atoms with Crippen LogP contribution in [0.2, 0.25) is 5.02 Å². The molecule has 0 saturated carbocycles. The van der Waals surface area contributed by atoms with Crippen LogP contribution in [0.5, 0.6) is 11.5 Å². The van der Waals surface area contributed by atoms with Gasteiger partial charge >= 0.3 is 0 Å². The Morgan fingerprint density at radius 3 is 2.42 bits per heavy atom. The second kappa shape index (κ2) is 12.9. The molecule has 0 bridgehead atoms. The summed E-state index contributed by atoms with van der Waals surface area (Å²) in [7, 11) is 1.53. The van der Waals surface area contributed by atoms with Crippen LogP contribution in [0.1, 0.15) is 35.3 Å². The first-order valence-corrected chi connectivity index (χ1v) is 12.1. The van der Waals surface area contributed by atoms with Crippen LogP contribution >= 0.6 is 27.5 Å². The van der Waals surface area contributed by atoms with Crippen LogP contribution in [-0.4, -0.2) is 25.1 Å². The lowest BCUT2D eigenvalue weighted by Gasteiger charge is -2.14. The number of carbonyl (C=O) groups excluding carboxylic acids is 2. The van der Waals surface area contributed by atoms with Gasteiger partial charge < -0.3 is 14.8 Å². The highest BCUT2D eigenvalue weighted by Gasteiger charge is 2.16. The zero-order valence-corrected chi connectivity index (χ0v) is 22.3. The Kier molecular flexibility index (Phi) is 9.67. The van der Waals surface area contributed by atoms with Crippen LogP contribution in [0.15, 0.2) is 87.6 Å². The Hall–Kier alpha value is -3.62. The minimum Gasteiger partial charge on any atom is -0.493 e. The average Bonchev–Trinajstić information content (AvgIpc) is 2.87. The molecule has 0 fully saturated rings. The minimum absolute atomic E-state index is 0.128. The van der Waals surface area contributed by atoms with Crippen molar-refractivity contribution in [3.63, 3.8) is 0 Å². The molecular formula is C27H25BrClN3O4. The fraction of sp³-hybridized carbons (Fsp3) is 0.148. The number of rotatable bonds is 9. The van der Waals surface area contributed by atoms with Gasteiger partial charge in [0.05, 0.1) is 17.8 Å². The van der Waals surface area contributed by atoms with E-state index in [1.54, 1.807) is 56.3 Å². The van der Waals surface area contributed by atoms with Crippen molar-refractivity contribution in [3.05, 3.63) is 104 Å². The highest BCUT2D eigenvalue weighted by molar-refractivity contribution is 9.10. The summed E-state index contributed by atoms with van der Waals surface area (Å²) >= 11 is 9.71. The molecule has 0 unspecified atom stereocenters. The van der Waals surface area contributed by atoms with Crippen LogP contribution in [0.25, 0.3) is 0 Å². The van der Waals surface area contributed by atoms with Crippen molar-refractivity contribution in [2.24, 2.45) is 5.10 Å². The number of nitrogens with zero attached hydrogens (tertiary/aromatic N) is 1. The van der Waals surface area contributed by atoms with Gasteiger partial charge in [0.1, 0.15) is 12.3 Å². The summed E-state index contributed by atoms with van der Waals surface area (Å²) in [4.78, 5) is 25.1. The molecule has 0 aliphatic heterocycles. The van der Waals surface area contributed by atoms with E-state index in [1.807, 2.05) is 24.3 Å². The molecule has 2 N–H and O–H groups in total. The quantitative estimate of drug-likeness (QED) is 0.191. The van der Waals surface area contributed by atoms with E-state index in [0.717, 1.165) is 5.56 Å². The molecule has 0 radical (unpaired) electrons. The first-order valence-electron chi connectivity index (χ1n) is 10.9. The van der Waals surface area contributed by atoms with Gasteiger partial charge in [0, 0.05) is 16.1 Å². The minimum atomic E-state index is -0.541. The van der Waals surface area contributed by atoms with Gasteiger partial charge in [-0.15, -0.1) is 0 Å². The van der Waals surface area contributed by atoms with Gasteiger partial charge in [0.2, 0.25) is 0 Å². The van der Waals surface area contributed by atoms with Gasteiger partial charge in [-0.3, -0.25) is 9.59 Å². The van der Waals surface area contributed by atoms with E-state index in [1.165, 1.54) is 13.3 Å². The molecule has 0 aromatic heterocycles. The third kappa shape index (κ3) is 7.19. The van der Waals surface area contributed by atoms with E-state index in [2.05, 4.69) is 31.8 Å². The molecular weight excluding hydrogens is 546 g/mol. The van der Waals surface area contributed by atoms with Crippen LogP contribution in [0.4, 0.5) is 0 Å². The number of hydrazone groups is 1. The molecule has 7 nitrogen and oxygen atoms in total. The number of halogens is 2. The Balaban J connectivity index is 1.68. The molecule has 36 heavy (non-hydrogen) atoms. The van der Waals surface area contributed by atoms with E-state index >= 15 is 0 Å².